The molecule has 0 aliphatic carbocycles. The Kier molecular flexibility index (Phi) is 10.9. The maximum atomic E-state index is 5.81. The SMILES string of the molecule is CCNC(=NCc1ccc(N2CC(C)OC(C)C2)nc1)NCCN(C)CCCOC. The summed E-state index contributed by atoms with van der Waals surface area (Å²) in [5.74, 6) is 1.84. The van der Waals surface area contributed by atoms with Gasteiger partial charge in [-0.1, -0.05) is 6.07 Å². The lowest BCUT2D eigenvalue weighted by molar-refractivity contribution is -0.00545. The van der Waals surface area contributed by atoms with Gasteiger partial charge in [-0.3, -0.25) is 0 Å². The zero-order chi connectivity index (χ0) is 21.8. The summed E-state index contributed by atoms with van der Waals surface area (Å²) in [6.07, 6.45) is 3.43. The number of rotatable bonds is 11. The molecule has 1 fully saturated rings. The highest BCUT2D eigenvalue weighted by molar-refractivity contribution is 5.79. The number of ether oxygens (including phenoxy) is 2. The summed E-state index contributed by atoms with van der Waals surface area (Å²) in [7, 11) is 3.87. The molecule has 0 bridgehead atoms. The van der Waals surface area contributed by atoms with Crippen molar-refractivity contribution in [1.82, 2.24) is 20.5 Å². The molecule has 2 unspecified atom stereocenters. The molecule has 2 atom stereocenters. The Bertz CT molecular complexity index is 615. The summed E-state index contributed by atoms with van der Waals surface area (Å²) in [6, 6.07) is 4.20. The van der Waals surface area contributed by atoms with Gasteiger partial charge in [-0.15, -0.1) is 0 Å². The van der Waals surface area contributed by atoms with Crippen molar-refractivity contribution in [3.63, 3.8) is 0 Å². The van der Waals surface area contributed by atoms with Crippen LogP contribution in [0, 0.1) is 0 Å². The highest BCUT2D eigenvalue weighted by Crippen LogP contribution is 2.18. The van der Waals surface area contributed by atoms with Gasteiger partial charge in [0, 0.05) is 59.2 Å². The summed E-state index contributed by atoms with van der Waals surface area (Å²) in [6.45, 7) is 13.1. The highest BCUT2D eigenvalue weighted by Gasteiger charge is 2.22. The summed E-state index contributed by atoms with van der Waals surface area (Å²) in [5, 5.41) is 6.72. The van der Waals surface area contributed by atoms with E-state index in [1.807, 2.05) is 6.20 Å². The summed E-state index contributed by atoms with van der Waals surface area (Å²) < 4.78 is 10.9. The van der Waals surface area contributed by atoms with E-state index in [0.29, 0.717) is 6.54 Å². The third-order valence-electron chi connectivity index (χ3n) is 4.99. The van der Waals surface area contributed by atoms with E-state index in [0.717, 1.165) is 69.6 Å². The van der Waals surface area contributed by atoms with Crippen LogP contribution >= 0.6 is 0 Å². The minimum atomic E-state index is 0.229. The zero-order valence-corrected chi connectivity index (χ0v) is 19.4. The van der Waals surface area contributed by atoms with Crippen LogP contribution in [0.25, 0.3) is 0 Å². The van der Waals surface area contributed by atoms with Crippen molar-refractivity contribution in [3.05, 3.63) is 23.9 Å². The van der Waals surface area contributed by atoms with E-state index >= 15 is 0 Å². The molecule has 0 amide bonds. The molecule has 2 heterocycles. The van der Waals surface area contributed by atoms with Crippen molar-refractivity contribution in [1.29, 1.82) is 0 Å². The van der Waals surface area contributed by atoms with Crippen LogP contribution < -0.4 is 15.5 Å². The second-order valence-electron chi connectivity index (χ2n) is 7.96. The van der Waals surface area contributed by atoms with Crippen molar-refractivity contribution in [3.8, 4) is 0 Å². The third kappa shape index (κ3) is 8.85. The molecule has 0 spiro atoms. The lowest BCUT2D eigenvalue weighted by atomic mass is 10.2. The van der Waals surface area contributed by atoms with Gasteiger partial charge in [0.15, 0.2) is 5.96 Å². The number of hydrogen-bond acceptors (Lipinski definition) is 6. The molecule has 1 aromatic heterocycles. The maximum absolute atomic E-state index is 5.81. The lowest BCUT2D eigenvalue weighted by Gasteiger charge is -2.36. The van der Waals surface area contributed by atoms with E-state index in [4.69, 9.17) is 14.5 Å². The Morgan fingerprint density at radius 1 is 1.27 bits per heavy atom. The Morgan fingerprint density at radius 3 is 2.67 bits per heavy atom. The summed E-state index contributed by atoms with van der Waals surface area (Å²) in [5.41, 5.74) is 1.10. The van der Waals surface area contributed by atoms with Gasteiger partial charge < -0.3 is 29.9 Å². The fourth-order valence-corrected chi connectivity index (χ4v) is 3.53. The van der Waals surface area contributed by atoms with Crippen LogP contribution in [0.1, 0.15) is 32.8 Å². The number of nitrogens with one attached hydrogen (secondary N) is 2. The van der Waals surface area contributed by atoms with Crippen molar-refractivity contribution in [2.75, 3.05) is 64.9 Å². The smallest absolute Gasteiger partial charge is 0.191 e. The highest BCUT2D eigenvalue weighted by atomic mass is 16.5. The molecular weight excluding hydrogens is 380 g/mol. The topological polar surface area (TPSA) is 74.2 Å². The van der Waals surface area contributed by atoms with Crippen LogP contribution in [0.5, 0.6) is 0 Å². The van der Waals surface area contributed by atoms with E-state index in [1.54, 1.807) is 7.11 Å². The Balaban J connectivity index is 1.82. The van der Waals surface area contributed by atoms with Gasteiger partial charge in [0.2, 0.25) is 0 Å². The van der Waals surface area contributed by atoms with E-state index in [9.17, 15) is 0 Å². The van der Waals surface area contributed by atoms with E-state index in [2.05, 4.69) is 65.4 Å². The standard InChI is InChI=1S/C22H40N6O2/c1-6-23-22(24-10-12-27(4)11-7-13-29-5)26-15-20-8-9-21(25-14-20)28-16-18(2)30-19(3)17-28/h8-9,14,18-19H,6-7,10-13,15-17H2,1-5H3,(H2,23,24,26). The fraction of sp³-hybridized carbons (Fsp3) is 0.727. The largest absolute Gasteiger partial charge is 0.385 e. The Labute approximate surface area is 182 Å². The molecule has 0 aromatic carbocycles. The van der Waals surface area contributed by atoms with Crippen LogP contribution in [0.3, 0.4) is 0 Å². The van der Waals surface area contributed by atoms with Crippen molar-refractivity contribution in [2.45, 2.75) is 45.9 Å². The zero-order valence-electron chi connectivity index (χ0n) is 19.4. The number of likely N-dealkylation sites (N-methyl/N-ethyl adjacent to an activating group) is 1. The minimum Gasteiger partial charge on any atom is -0.385 e. The van der Waals surface area contributed by atoms with E-state index < -0.39 is 0 Å². The lowest BCUT2D eigenvalue weighted by Crippen LogP contribution is -2.45. The first-order valence-electron chi connectivity index (χ1n) is 11.1. The van der Waals surface area contributed by atoms with Crippen LogP contribution in [-0.2, 0) is 16.0 Å². The first kappa shape index (κ1) is 24.4. The molecule has 0 saturated carbocycles. The molecule has 0 radical (unpaired) electrons. The molecule has 170 valence electrons. The molecular formula is C22H40N6O2. The van der Waals surface area contributed by atoms with Crippen LogP contribution in [0.15, 0.2) is 23.3 Å². The van der Waals surface area contributed by atoms with E-state index in [1.165, 1.54) is 0 Å². The summed E-state index contributed by atoms with van der Waals surface area (Å²) >= 11 is 0. The second kappa shape index (κ2) is 13.4. The first-order chi connectivity index (χ1) is 14.5. The minimum absolute atomic E-state index is 0.229. The predicted molar refractivity (Wildman–Crippen MR) is 123 cm³/mol. The van der Waals surface area contributed by atoms with E-state index in [-0.39, 0.29) is 12.2 Å². The van der Waals surface area contributed by atoms with Gasteiger partial charge >= 0.3 is 0 Å². The van der Waals surface area contributed by atoms with Gasteiger partial charge in [0.1, 0.15) is 5.82 Å². The molecule has 1 saturated heterocycles. The second-order valence-corrected chi connectivity index (χ2v) is 7.96. The number of hydrogen-bond donors (Lipinski definition) is 2. The molecule has 8 nitrogen and oxygen atoms in total. The molecule has 1 aliphatic rings. The van der Waals surface area contributed by atoms with Gasteiger partial charge in [0.25, 0.3) is 0 Å². The number of methoxy groups -OCH3 is 1. The number of guanidine groups is 1. The van der Waals surface area contributed by atoms with Crippen LogP contribution in [-0.4, -0.2) is 88.1 Å². The average molecular weight is 421 g/mol. The number of aliphatic imine (C=N–C) groups is 1. The first-order valence-corrected chi connectivity index (χ1v) is 11.1. The number of pyridine rings is 1. The number of nitrogens with zero attached hydrogens (tertiary/aromatic N) is 4. The Hall–Kier alpha value is -1.90. The third-order valence-corrected chi connectivity index (χ3v) is 4.99. The fourth-order valence-electron chi connectivity index (χ4n) is 3.53. The van der Waals surface area contributed by atoms with Gasteiger partial charge in [-0.2, -0.15) is 0 Å². The molecule has 2 rings (SSSR count). The van der Waals surface area contributed by atoms with Gasteiger partial charge in [0.05, 0.1) is 18.8 Å². The molecule has 1 aromatic rings. The monoisotopic (exact) mass is 420 g/mol. The molecule has 2 N–H and O–H groups in total. The van der Waals surface area contributed by atoms with Crippen LogP contribution in [0.4, 0.5) is 5.82 Å². The number of aromatic nitrogens is 1. The van der Waals surface area contributed by atoms with Crippen LogP contribution in [0.2, 0.25) is 0 Å². The normalized spacial score (nSPS) is 19.9. The Morgan fingerprint density at radius 2 is 2.03 bits per heavy atom. The molecule has 30 heavy (non-hydrogen) atoms. The van der Waals surface area contributed by atoms with Crippen molar-refractivity contribution in [2.24, 2.45) is 4.99 Å². The molecule has 8 heteroatoms. The van der Waals surface area contributed by atoms with Crippen molar-refractivity contribution >= 4 is 11.8 Å². The number of morpholine rings is 1. The van der Waals surface area contributed by atoms with Crippen molar-refractivity contribution < 1.29 is 9.47 Å². The van der Waals surface area contributed by atoms with Gasteiger partial charge in [-0.05, 0) is 45.9 Å². The summed E-state index contributed by atoms with van der Waals surface area (Å²) in [4.78, 5) is 14.0. The quantitative estimate of drug-likeness (QED) is 0.321. The number of anilines is 1. The maximum Gasteiger partial charge on any atom is 0.191 e. The predicted octanol–water partition coefficient (Wildman–Crippen LogP) is 1.72. The molecule has 1 aliphatic heterocycles. The van der Waals surface area contributed by atoms with Gasteiger partial charge in [-0.25, -0.2) is 9.98 Å². The average Bonchev–Trinajstić information content (AvgIpc) is 2.72.